The van der Waals surface area contributed by atoms with E-state index in [0.29, 0.717) is 0 Å². The molecule has 1 aliphatic rings. The smallest absolute Gasteiger partial charge is 0.356 e. The first-order valence-electron chi connectivity index (χ1n) is 12.0. The Hall–Kier alpha value is -3.55. The fourth-order valence-electron chi connectivity index (χ4n) is 4.58. The van der Waals surface area contributed by atoms with Crippen LogP contribution in [0.3, 0.4) is 0 Å². The highest BCUT2D eigenvalue weighted by atomic mass is 32.2. The molecule has 0 bridgehead atoms. The van der Waals surface area contributed by atoms with Crippen LogP contribution >= 0.6 is 0 Å². The van der Waals surface area contributed by atoms with Crippen molar-refractivity contribution in [1.82, 2.24) is 14.8 Å². The molecule has 1 aromatic carbocycles. The summed E-state index contributed by atoms with van der Waals surface area (Å²) in [5, 5.41) is 6.56. The van der Waals surface area contributed by atoms with Gasteiger partial charge < -0.3 is 10.2 Å². The number of amides is 1. The molecule has 210 valence electrons. The highest BCUT2D eigenvalue weighted by molar-refractivity contribution is 7.91. The minimum atomic E-state index is -4.92. The SMILES string of the molecule is Cc1c(C(=O)Nc2cccc(S(C)(=N)=O)c2)c(N2CCCC(F)(F)CC2)nc(C(F)(F)F)c1-c1cnn(C)c1. The molecule has 1 atom stereocenters. The molecular formula is C25H27F5N6O2S. The molecule has 8 nitrogen and oxygen atoms in total. The van der Waals surface area contributed by atoms with E-state index < -0.39 is 46.3 Å². The minimum Gasteiger partial charge on any atom is -0.356 e. The Morgan fingerprint density at radius 3 is 2.54 bits per heavy atom. The number of rotatable bonds is 5. The zero-order valence-corrected chi connectivity index (χ0v) is 22.2. The van der Waals surface area contributed by atoms with E-state index in [1.54, 1.807) is 0 Å². The van der Waals surface area contributed by atoms with Crippen LogP contribution in [-0.2, 0) is 23.0 Å². The van der Waals surface area contributed by atoms with Crippen LogP contribution in [0.2, 0.25) is 0 Å². The summed E-state index contributed by atoms with van der Waals surface area (Å²) < 4.78 is 92.5. The molecule has 1 fully saturated rings. The van der Waals surface area contributed by atoms with Crippen molar-refractivity contribution >= 4 is 27.1 Å². The number of anilines is 2. The van der Waals surface area contributed by atoms with Crippen LogP contribution in [0.25, 0.3) is 11.1 Å². The molecule has 0 aliphatic carbocycles. The predicted octanol–water partition coefficient (Wildman–Crippen LogP) is 5.72. The Kier molecular flexibility index (Phi) is 7.45. The van der Waals surface area contributed by atoms with Crippen molar-refractivity contribution in [3.63, 3.8) is 0 Å². The first-order valence-corrected chi connectivity index (χ1v) is 13.9. The van der Waals surface area contributed by atoms with Crippen molar-refractivity contribution in [1.29, 1.82) is 4.78 Å². The molecule has 14 heteroatoms. The Labute approximate surface area is 222 Å². The third-order valence-electron chi connectivity index (χ3n) is 6.48. The molecule has 2 aromatic heterocycles. The number of halogens is 5. The lowest BCUT2D eigenvalue weighted by atomic mass is 9.95. The van der Waals surface area contributed by atoms with Gasteiger partial charge in [-0.2, -0.15) is 18.3 Å². The second kappa shape index (κ2) is 10.2. The third-order valence-corrected chi connectivity index (χ3v) is 7.63. The molecule has 3 heterocycles. The zero-order valence-electron chi connectivity index (χ0n) is 21.4. The number of nitrogens with one attached hydrogen (secondary N) is 2. The van der Waals surface area contributed by atoms with Gasteiger partial charge >= 0.3 is 6.18 Å². The molecule has 1 aliphatic heterocycles. The number of aryl methyl sites for hydroxylation is 1. The quantitative estimate of drug-likeness (QED) is 0.382. The lowest BCUT2D eigenvalue weighted by molar-refractivity contribution is -0.140. The lowest BCUT2D eigenvalue weighted by Gasteiger charge is -2.27. The maximum absolute atomic E-state index is 14.3. The minimum absolute atomic E-state index is 0.00308. The summed E-state index contributed by atoms with van der Waals surface area (Å²) in [7, 11) is -1.58. The second-order valence-electron chi connectivity index (χ2n) is 9.58. The van der Waals surface area contributed by atoms with Gasteiger partial charge in [-0.05, 0) is 37.1 Å². The Morgan fingerprint density at radius 1 is 1.21 bits per heavy atom. The van der Waals surface area contributed by atoms with Crippen LogP contribution in [0, 0.1) is 11.7 Å². The van der Waals surface area contributed by atoms with Gasteiger partial charge in [0.15, 0.2) is 5.69 Å². The number of alkyl halides is 5. The fourth-order valence-corrected chi connectivity index (χ4v) is 5.27. The number of hydrogen-bond acceptors (Lipinski definition) is 6. The molecule has 39 heavy (non-hydrogen) atoms. The van der Waals surface area contributed by atoms with E-state index in [0.717, 1.165) is 0 Å². The summed E-state index contributed by atoms with van der Waals surface area (Å²) in [5.41, 5.74) is -1.61. The van der Waals surface area contributed by atoms with Crippen molar-refractivity contribution in [3.05, 3.63) is 53.5 Å². The van der Waals surface area contributed by atoms with Crippen LogP contribution in [0.5, 0.6) is 0 Å². The van der Waals surface area contributed by atoms with E-state index in [9.17, 15) is 31.0 Å². The molecule has 1 amide bonds. The van der Waals surface area contributed by atoms with Crippen LogP contribution in [0.15, 0.2) is 41.6 Å². The van der Waals surface area contributed by atoms with Gasteiger partial charge in [-0.3, -0.25) is 9.48 Å². The number of carbonyl (C=O) groups excluding carboxylic acids is 1. The summed E-state index contributed by atoms with van der Waals surface area (Å²) in [6.07, 6.45) is -2.15. The van der Waals surface area contributed by atoms with Crippen LogP contribution in [0.4, 0.5) is 33.5 Å². The highest BCUT2D eigenvalue weighted by Gasteiger charge is 2.41. The molecule has 0 spiro atoms. The molecular weight excluding hydrogens is 543 g/mol. The molecule has 0 radical (unpaired) electrons. The standard InChI is InChI=1S/C25H27F5N6O2S/c1-15-19(16-13-32-35(2)14-16)21(25(28,29)30)34-22(36-10-5-8-24(26,27)9-11-36)20(15)23(37)33-17-6-4-7-18(12-17)39(3,31)38/h4,6-7,12-14,31H,5,8-11H2,1-3H3,(H,33,37). The number of nitrogens with zero attached hydrogens (tertiary/aromatic N) is 4. The van der Waals surface area contributed by atoms with E-state index in [2.05, 4.69) is 15.4 Å². The maximum Gasteiger partial charge on any atom is 0.434 e. The van der Waals surface area contributed by atoms with Gasteiger partial charge in [0.1, 0.15) is 5.82 Å². The number of aromatic nitrogens is 3. The average molecular weight is 571 g/mol. The second-order valence-corrected chi connectivity index (χ2v) is 11.7. The van der Waals surface area contributed by atoms with E-state index in [1.807, 2.05) is 0 Å². The maximum atomic E-state index is 14.3. The topological polar surface area (TPSA) is 104 Å². The molecule has 1 saturated heterocycles. The van der Waals surface area contributed by atoms with Gasteiger partial charge in [-0.15, -0.1) is 0 Å². The first kappa shape index (κ1) is 28.5. The Morgan fingerprint density at radius 2 is 1.92 bits per heavy atom. The third kappa shape index (κ3) is 6.21. The van der Waals surface area contributed by atoms with Crippen molar-refractivity contribution in [2.24, 2.45) is 7.05 Å². The van der Waals surface area contributed by atoms with Crippen LogP contribution in [0.1, 0.15) is 40.9 Å². The number of benzene rings is 1. The van der Waals surface area contributed by atoms with E-state index >= 15 is 0 Å². The van der Waals surface area contributed by atoms with E-state index in [-0.39, 0.29) is 58.2 Å². The van der Waals surface area contributed by atoms with E-state index in [1.165, 1.54) is 66.5 Å². The zero-order chi connectivity index (χ0) is 28.8. The number of hydrogen-bond donors (Lipinski definition) is 2. The van der Waals surface area contributed by atoms with Crippen LogP contribution < -0.4 is 10.2 Å². The van der Waals surface area contributed by atoms with E-state index in [4.69, 9.17) is 4.78 Å². The lowest BCUT2D eigenvalue weighted by Crippen LogP contribution is -2.31. The van der Waals surface area contributed by atoms with Gasteiger partial charge in [-0.25, -0.2) is 22.8 Å². The molecule has 0 saturated carbocycles. The molecule has 1 unspecified atom stereocenters. The monoisotopic (exact) mass is 570 g/mol. The largest absolute Gasteiger partial charge is 0.434 e. The first-order chi connectivity index (χ1) is 18.1. The fraction of sp³-hybridized carbons (Fsp3) is 0.400. The summed E-state index contributed by atoms with van der Waals surface area (Å²) >= 11 is 0. The van der Waals surface area contributed by atoms with Crippen molar-refractivity contribution in [2.75, 3.05) is 29.6 Å². The summed E-state index contributed by atoms with van der Waals surface area (Å²) in [6.45, 7) is 1.04. The molecule has 2 N–H and O–H groups in total. The summed E-state index contributed by atoms with van der Waals surface area (Å²) in [6, 6.07) is 5.76. The number of pyridine rings is 1. The van der Waals surface area contributed by atoms with Gasteiger partial charge in [0.25, 0.3) is 5.91 Å². The van der Waals surface area contributed by atoms with Gasteiger partial charge in [0, 0.05) is 67.1 Å². The average Bonchev–Trinajstić information content (AvgIpc) is 3.16. The summed E-state index contributed by atoms with van der Waals surface area (Å²) in [4.78, 5) is 19.0. The Balaban J connectivity index is 1.91. The molecule has 3 aromatic rings. The van der Waals surface area contributed by atoms with Crippen molar-refractivity contribution in [3.8, 4) is 11.1 Å². The van der Waals surface area contributed by atoms with Gasteiger partial charge in [-0.1, -0.05) is 6.07 Å². The van der Waals surface area contributed by atoms with Crippen LogP contribution in [-0.4, -0.2) is 50.1 Å². The number of carbonyl (C=O) groups is 1. The van der Waals surface area contributed by atoms with Gasteiger partial charge in [0.05, 0.1) is 21.5 Å². The summed E-state index contributed by atoms with van der Waals surface area (Å²) in [5.74, 6) is -4.16. The van der Waals surface area contributed by atoms with Crippen molar-refractivity contribution in [2.45, 2.75) is 43.2 Å². The van der Waals surface area contributed by atoms with Gasteiger partial charge in [0.2, 0.25) is 5.92 Å². The Bertz CT molecular complexity index is 1520. The normalized spacial score (nSPS) is 17.4. The van der Waals surface area contributed by atoms with Crippen molar-refractivity contribution < 1.29 is 31.0 Å². The molecule has 4 rings (SSSR count). The predicted molar refractivity (Wildman–Crippen MR) is 137 cm³/mol. The highest BCUT2D eigenvalue weighted by Crippen LogP contribution is 2.42.